The molecule has 0 bridgehead atoms. The Labute approximate surface area is 257 Å². The molecule has 1 aliphatic rings. The van der Waals surface area contributed by atoms with E-state index in [4.69, 9.17) is 14.2 Å². The number of fused-ring (bicyclic) bond motifs is 1. The topological polar surface area (TPSA) is 77.1 Å². The lowest BCUT2D eigenvalue weighted by atomic mass is 9.93. The fraction of sp³-hybridized carbons (Fsp3) is 0.257. The summed E-state index contributed by atoms with van der Waals surface area (Å²) in [5.74, 6) is 1.43. The molecular formula is C35H36N2O5S. The van der Waals surface area contributed by atoms with E-state index in [2.05, 4.69) is 28.4 Å². The number of thioether (sulfide) groups is 1. The number of anilines is 1. The molecule has 0 aromatic heterocycles. The summed E-state index contributed by atoms with van der Waals surface area (Å²) in [7, 11) is 1.34. The summed E-state index contributed by atoms with van der Waals surface area (Å²) in [5.41, 5.74) is 6.55. The highest BCUT2D eigenvalue weighted by molar-refractivity contribution is 7.98. The van der Waals surface area contributed by atoms with Crippen LogP contribution in [0, 0.1) is 6.92 Å². The lowest BCUT2D eigenvalue weighted by molar-refractivity contribution is -0.142. The number of rotatable bonds is 12. The van der Waals surface area contributed by atoms with Crippen LogP contribution in [-0.2, 0) is 22.6 Å². The standard InChI is InChI=1S/C35H36N2O5S/c1-24-9-7-8-12-28(24)30-19-26(13-15-29(30)34(38)36-31(17-18-43-3)35(39)40-2)22-37(21-25-10-5-4-6-11-25)27-14-16-32-33(20-27)42-23-41-32/h4-16,19-20,31H,17-18,21-23H2,1-3H3,(H,36,38). The van der Waals surface area contributed by atoms with Gasteiger partial charge in [0.1, 0.15) is 6.04 Å². The van der Waals surface area contributed by atoms with Crippen LogP contribution in [0.25, 0.3) is 11.1 Å². The van der Waals surface area contributed by atoms with E-state index in [0.29, 0.717) is 25.1 Å². The maximum atomic E-state index is 13.7. The normalized spacial score (nSPS) is 12.4. The molecule has 43 heavy (non-hydrogen) atoms. The van der Waals surface area contributed by atoms with E-state index in [1.807, 2.05) is 86.0 Å². The highest BCUT2D eigenvalue weighted by Gasteiger charge is 2.24. The fourth-order valence-corrected chi connectivity index (χ4v) is 5.66. The molecule has 1 aliphatic heterocycles. The molecule has 4 aromatic carbocycles. The zero-order valence-electron chi connectivity index (χ0n) is 24.7. The molecule has 8 heteroatoms. The van der Waals surface area contributed by atoms with E-state index in [1.165, 1.54) is 12.7 Å². The van der Waals surface area contributed by atoms with Gasteiger partial charge in [-0.25, -0.2) is 4.79 Å². The lowest BCUT2D eigenvalue weighted by Crippen LogP contribution is -2.42. The van der Waals surface area contributed by atoms with Crippen molar-refractivity contribution in [1.29, 1.82) is 0 Å². The molecule has 222 valence electrons. The minimum Gasteiger partial charge on any atom is -0.467 e. The van der Waals surface area contributed by atoms with Gasteiger partial charge >= 0.3 is 5.97 Å². The van der Waals surface area contributed by atoms with Gasteiger partial charge in [0.05, 0.1) is 7.11 Å². The Hall–Kier alpha value is -4.43. The van der Waals surface area contributed by atoms with Crippen LogP contribution >= 0.6 is 11.8 Å². The highest BCUT2D eigenvalue weighted by Crippen LogP contribution is 2.37. The highest BCUT2D eigenvalue weighted by atomic mass is 32.2. The van der Waals surface area contributed by atoms with Crippen LogP contribution in [0.4, 0.5) is 5.69 Å². The number of amides is 1. The van der Waals surface area contributed by atoms with E-state index in [1.54, 1.807) is 11.8 Å². The molecule has 0 radical (unpaired) electrons. The molecule has 1 atom stereocenters. The number of aryl methyl sites for hydroxylation is 1. The van der Waals surface area contributed by atoms with Gasteiger partial charge in [0.25, 0.3) is 5.91 Å². The molecule has 0 fully saturated rings. The van der Waals surface area contributed by atoms with Gasteiger partial charge in [0.2, 0.25) is 6.79 Å². The molecule has 0 saturated carbocycles. The van der Waals surface area contributed by atoms with Gasteiger partial charge < -0.3 is 24.4 Å². The first kappa shape index (κ1) is 30.0. The monoisotopic (exact) mass is 596 g/mol. The Bertz CT molecular complexity index is 1580. The molecule has 0 aliphatic carbocycles. The third-order valence-electron chi connectivity index (χ3n) is 7.48. The summed E-state index contributed by atoms with van der Waals surface area (Å²) >= 11 is 1.62. The molecule has 1 N–H and O–H groups in total. The predicted octanol–water partition coefficient (Wildman–Crippen LogP) is 6.62. The third kappa shape index (κ3) is 7.32. The van der Waals surface area contributed by atoms with Crippen molar-refractivity contribution in [2.45, 2.75) is 32.5 Å². The van der Waals surface area contributed by atoms with Crippen LogP contribution in [0.2, 0.25) is 0 Å². The number of carbonyl (C=O) groups excluding carboxylic acids is 2. The van der Waals surface area contributed by atoms with Crippen LogP contribution in [-0.4, -0.2) is 43.8 Å². The van der Waals surface area contributed by atoms with Gasteiger partial charge in [-0.3, -0.25) is 4.79 Å². The Kier molecular flexibility index (Phi) is 9.89. The quantitative estimate of drug-likeness (QED) is 0.184. The zero-order valence-corrected chi connectivity index (χ0v) is 25.5. The van der Waals surface area contributed by atoms with Gasteiger partial charge in [-0.15, -0.1) is 0 Å². The minimum atomic E-state index is -0.721. The number of ether oxygens (including phenoxy) is 3. The molecular weight excluding hydrogens is 560 g/mol. The molecule has 4 aromatic rings. The van der Waals surface area contributed by atoms with Gasteiger partial charge in [-0.2, -0.15) is 11.8 Å². The number of esters is 1. The van der Waals surface area contributed by atoms with Crippen LogP contribution < -0.4 is 19.7 Å². The van der Waals surface area contributed by atoms with E-state index in [0.717, 1.165) is 45.2 Å². The van der Waals surface area contributed by atoms with Crippen LogP contribution in [0.1, 0.15) is 33.5 Å². The van der Waals surface area contributed by atoms with Crippen molar-refractivity contribution in [1.82, 2.24) is 5.32 Å². The SMILES string of the molecule is COC(=O)C(CCSC)NC(=O)c1ccc(CN(Cc2ccccc2)c2ccc3c(c2)OCO3)cc1-c1ccccc1C. The van der Waals surface area contributed by atoms with Crippen molar-refractivity contribution in [3.05, 3.63) is 113 Å². The number of nitrogens with zero attached hydrogens (tertiary/aromatic N) is 1. The number of benzene rings is 4. The van der Waals surface area contributed by atoms with Crippen molar-refractivity contribution in [3.8, 4) is 22.6 Å². The Morgan fingerprint density at radius 1 is 0.884 bits per heavy atom. The predicted molar refractivity (Wildman–Crippen MR) is 172 cm³/mol. The number of carbonyl (C=O) groups is 2. The minimum absolute atomic E-state index is 0.217. The van der Waals surface area contributed by atoms with Crippen LogP contribution in [0.5, 0.6) is 11.5 Å². The second-order valence-corrected chi connectivity index (χ2v) is 11.4. The summed E-state index contributed by atoms with van der Waals surface area (Å²) in [6.07, 6.45) is 2.46. The summed E-state index contributed by atoms with van der Waals surface area (Å²) in [4.78, 5) is 28.4. The average Bonchev–Trinajstić information content (AvgIpc) is 3.51. The zero-order chi connectivity index (χ0) is 30.2. The summed E-state index contributed by atoms with van der Waals surface area (Å²) in [6, 6.07) is 29.5. The van der Waals surface area contributed by atoms with Gasteiger partial charge in [0, 0.05) is 30.4 Å². The van der Waals surface area contributed by atoms with Crippen LogP contribution in [0.3, 0.4) is 0 Å². The molecule has 1 heterocycles. The van der Waals surface area contributed by atoms with Crippen molar-refractivity contribution < 1.29 is 23.8 Å². The number of nitrogens with one attached hydrogen (secondary N) is 1. The summed E-state index contributed by atoms with van der Waals surface area (Å²) in [5, 5.41) is 2.93. The van der Waals surface area contributed by atoms with E-state index in [9.17, 15) is 9.59 Å². The first-order valence-corrected chi connectivity index (χ1v) is 15.6. The van der Waals surface area contributed by atoms with Gasteiger partial charge in [0.15, 0.2) is 11.5 Å². The molecule has 0 saturated heterocycles. The molecule has 0 spiro atoms. The molecule has 1 unspecified atom stereocenters. The maximum Gasteiger partial charge on any atom is 0.328 e. The Balaban J connectivity index is 1.50. The average molecular weight is 597 g/mol. The van der Waals surface area contributed by atoms with Crippen LogP contribution in [0.15, 0.2) is 91.0 Å². The number of hydrogen-bond donors (Lipinski definition) is 1. The van der Waals surface area contributed by atoms with Crippen molar-refractivity contribution in [3.63, 3.8) is 0 Å². The fourth-order valence-electron chi connectivity index (χ4n) is 5.19. The first-order chi connectivity index (χ1) is 21.0. The van der Waals surface area contributed by atoms with E-state index < -0.39 is 12.0 Å². The van der Waals surface area contributed by atoms with E-state index in [-0.39, 0.29) is 12.7 Å². The number of methoxy groups -OCH3 is 1. The Morgan fingerprint density at radius 3 is 2.40 bits per heavy atom. The summed E-state index contributed by atoms with van der Waals surface area (Å²) in [6.45, 7) is 3.52. The molecule has 5 rings (SSSR count). The third-order valence-corrected chi connectivity index (χ3v) is 8.12. The second kappa shape index (κ2) is 14.2. The molecule has 7 nitrogen and oxygen atoms in total. The summed E-state index contributed by atoms with van der Waals surface area (Å²) < 4.78 is 16.2. The van der Waals surface area contributed by atoms with E-state index >= 15 is 0 Å². The number of hydrogen-bond acceptors (Lipinski definition) is 7. The van der Waals surface area contributed by atoms with Crippen molar-refractivity contribution in [2.24, 2.45) is 0 Å². The lowest BCUT2D eigenvalue weighted by Gasteiger charge is -2.26. The van der Waals surface area contributed by atoms with Crippen molar-refractivity contribution >= 4 is 29.3 Å². The van der Waals surface area contributed by atoms with Gasteiger partial charge in [-0.05, 0) is 77.4 Å². The maximum absolute atomic E-state index is 13.7. The van der Waals surface area contributed by atoms with Gasteiger partial charge in [-0.1, -0.05) is 60.7 Å². The first-order valence-electron chi connectivity index (χ1n) is 14.2. The largest absolute Gasteiger partial charge is 0.467 e. The smallest absolute Gasteiger partial charge is 0.328 e. The van der Waals surface area contributed by atoms with Crippen molar-refractivity contribution in [2.75, 3.05) is 30.8 Å². The second-order valence-electron chi connectivity index (χ2n) is 10.4. The molecule has 1 amide bonds. The Morgan fingerprint density at radius 2 is 1.63 bits per heavy atom.